The van der Waals surface area contributed by atoms with Gasteiger partial charge in [-0.15, -0.1) is 11.3 Å². The van der Waals surface area contributed by atoms with E-state index in [1.165, 1.54) is 30.3 Å². The van der Waals surface area contributed by atoms with Crippen LogP contribution in [0.3, 0.4) is 0 Å². The van der Waals surface area contributed by atoms with Crippen molar-refractivity contribution in [3.05, 3.63) is 86.6 Å². The van der Waals surface area contributed by atoms with Gasteiger partial charge in [0.25, 0.3) is 0 Å². The van der Waals surface area contributed by atoms with Gasteiger partial charge in [-0.1, -0.05) is 43.0 Å². The molecule has 2 aromatic carbocycles. The first-order valence-corrected chi connectivity index (χ1v) is 13.6. The Morgan fingerprint density at radius 2 is 1.76 bits per heavy atom. The fraction of sp³-hybridized carbons (Fsp3) is 0.357. The van der Waals surface area contributed by atoms with Gasteiger partial charge in [0.1, 0.15) is 18.2 Å². The van der Waals surface area contributed by atoms with Gasteiger partial charge in [-0.25, -0.2) is 13.6 Å². The van der Waals surface area contributed by atoms with Crippen molar-refractivity contribution in [2.45, 2.75) is 58.2 Å². The summed E-state index contributed by atoms with van der Waals surface area (Å²) in [6.45, 7) is 2.59. The van der Waals surface area contributed by atoms with E-state index in [0.29, 0.717) is 18.8 Å². The summed E-state index contributed by atoms with van der Waals surface area (Å²) in [6, 6.07) is 11.6. The Balaban J connectivity index is 1.55. The highest BCUT2D eigenvalue weighted by Gasteiger charge is 2.29. The minimum atomic E-state index is -0.570. The first-order chi connectivity index (χ1) is 17.8. The molecule has 1 saturated carbocycles. The van der Waals surface area contributed by atoms with Crippen LogP contribution in [0.25, 0.3) is 0 Å². The second-order valence-corrected chi connectivity index (χ2v) is 10.8. The molecule has 4 rings (SSSR count). The van der Waals surface area contributed by atoms with E-state index in [4.69, 9.17) is 11.6 Å². The number of carbonyl (C=O) groups excluding carboxylic acids is 2. The van der Waals surface area contributed by atoms with Crippen molar-refractivity contribution in [2.75, 3.05) is 11.9 Å². The third kappa shape index (κ3) is 7.29. The Morgan fingerprint density at radius 1 is 1.03 bits per heavy atom. The van der Waals surface area contributed by atoms with Crippen LogP contribution in [0.5, 0.6) is 0 Å². The Hall–Kier alpha value is -2.97. The molecule has 0 saturated heterocycles. The maximum absolute atomic E-state index is 13.7. The summed E-state index contributed by atoms with van der Waals surface area (Å²) in [5, 5.41) is 4.69. The van der Waals surface area contributed by atoms with Gasteiger partial charge in [-0.2, -0.15) is 0 Å². The number of rotatable bonds is 8. The normalized spacial score (nSPS) is 13.8. The maximum Gasteiger partial charge on any atom is 0.322 e. The number of amides is 3. The van der Waals surface area contributed by atoms with E-state index in [1.54, 1.807) is 33.3 Å². The third-order valence-corrected chi connectivity index (χ3v) is 7.99. The van der Waals surface area contributed by atoms with Crippen molar-refractivity contribution >= 4 is 40.6 Å². The summed E-state index contributed by atoms with van der Waals surface area (Å²) >= 11 is 7.47. The lowest BCUT2D eigenvalue weighted by Gasteiger charge is -2.35. The maximum atomic E-state index is 13.7. The minimum absolute atomic E-state index is 0.0789. The van der Waals surface area contributed by atoms with Gasteiger partial charge < -0.3 is 15.1 Å². The van der Waals surface area contributed by atoms with Crippen molar-refractivity contribution in [2.24, 2.45) is 0 Å². The van der Waals surface area contributed by atoms with E-state index in [9.17, 15) is 18.4 Å². The molecule has 5 nitrogen and oxygen atoms in total. The average Bonchev–Trinajstić information content (AvgIpc) is 3.30. The summed E-state index contributed by atoms with van der Waals surface area (Å²) in [5.74, 6) is -1.11. The topological polar surface area (TPSA) is 52.7 Å². The zero-order valence-electron chi connectivity index (χ0n) is 20.7. The zero-order valence-corrected chi connectivity index (χ0v) is 22.3. The number of nitrogens with zero attached hydrogens (tertiary/aromatic N) is 2. The fourth-order valence-corrected chi connectivity index (χ4v) is 5.66. The quantitative estimate of drug-likeness (QED) is 0.321. The average molecular weight is 546 g/mol. The molecule has 0 unspecified atom stereocenters. The van der Waals surface area contributed by atoms with E-state index in [0.717, 1.165) is 48.1 Å². The lowest BCUT2D eigenvalue weighted by atomic mass is 9.94. The Morgan fingerprint density at radius 3 is 2.41 bits per heavy atom. The number of nitrogens with one attached hydrogen (secondary N) is 1. The highest BCUT2D eigenvalue weighted by Crippen LogP contribution is 2.26. The van der Waals surface area contributed by atoms with E-state index < -0.39 is 11.8 Å². The van der Waals surface area contributed by atoms with Crippen LogP contribution in [-0.2, 0) is 17.9 Å². The smallest absolute Gasteiger partial charge is 0.322 e. The van der Waals surface area contributed by atoms with Gasteiger partial charge in [0.2, 0.25) is 5.91 Å². The minimum Gasteiger partial charge on any atom is -0.332 e. The van der Waals surface area contributed by atoms with Crippen LogP contribution < -0.4 is 5.32 Å². The molecule has 0 radical (unpaired) electrons. The molecule has 1 aromatic heterocycles. The molecule has 196 valence electrons. The van der Waals surface area contributed by atoms with Crippen molar-refractivity contribution < 1.29 is 18.4 Å². The predicted molar refractivity (Wildman–Crippen MR) is 144 cm³/mol. The molecule has 0 atom stereocenters. The molecule has 1 heterocycles. The number of hydrogen-bond donors (Lipinski definition) is 1. The largest absolute Gasteiger partial charge is 0.332 e. The van der Waals surface area contributed by atoms with E-state index in [-0.39, 0.29) is 29.3 Å². The van der Waals surface area contributed by atoms with Crippen molar-refractivity contribution in [1.82, 2.24) is 9.80 Å². The number of halogens is 3. The number of thiophene rings is 1. The van der Waals surface area contributed by atoms with Gasteiger partial charge in [0.15, 0.2) is 0 Å². The lowest BCUT2D eigenvalue weighted by Crippen LogP contribution is -2.49. The summed E-state index contributed by atoms with van der Waals surface area (Å²) in [4.78, 5) is 31.5. The van der Waals surface area contributed by atoms with E-state index >= 15 is 0 Å². The fourth-order valence-electron chi connectivity index (χ4n) is 4.56. The van der Waals surface area contributed by atoms with Crippen LogP contribution in [0.2, 0.25) is 5.02 Å². The molecule has 0 aliphatic heterocycles. The van der Waals surface area contributed by atoms with Gasteiger partial charge in [-0.05, 0) is 72.7 Å². The second kappa shape index (κ2) is 12.5. The number of benzene rings is 2. The number of urea groups is 1. The monoisotopic (exact) mass is 545 g/mol. The highest BCUT2D eigenvalue weighted by molar-refractivity contribution is 7.10. The van der Waals surface area contributed by atoms with Gasteiger partial charge in [0, 0.05) is 23.2 Å². The van der Waals surface area contributed by atoms with Crippen LogP contribution in [-0.4, -0.2) is 34.3 Å². The van der Waals surface area contributed by atoms with Gasteiger partial charge in [-0.3, -0.25) is 4.79 Å². The highest BCUT2D eigenvalue weighted by atomic mass is 35.5. The van der Waals surface area contributed by atoms with Gasteiger partial charge in [0.05, 0.1) is 11.6 Å². The first kappa shape index (κ1) is 27.1. The summed E-state index contributed by atoms with van der Waals surface area (Å²) in [7, 11) is 0. The van der Waals surface area contributed by atoms with Crippen molar-refractivity contribution in [3.63, 3.8) is 0 Å². The molecule has 37 heavy (non-hydrogen) atoms. The zero-order chi connectivity index (χ0) is 26.4. The molecule has 3 amide bonds. The first-order valence-electron chi connectivity index (χ1n) is 12.4. The molecule has 3 aromatic rings. The van der Waals surface area contributed by atoms with Gasteiger partial charge >= 0.3 is 6.03 Å². The molecule has 1 aliphatic carbocycles. The Bertz CT molecular complexity index is 1230. The number of carbonyl (C=O) groups is 2. The molecule has 1 fully saturated rings. The summed E-state index contributed by atoms with van der Waals surface area (Å²) < 4.78 is 27.1. The van der Waals surface area contributed by atoms with Crippen LogP contribution in [0.4, 0.5) is 19.3 Å². The second-order valence-electron chi connectivity index (χ2n) is 9.38. The number of hydrogen-bond acceptors (Lipinski definition) is 3. The van der Waals surface area contributed by atoms with Crippen LogP contribution in [0.1, 0.15) is 48.1 Å². The standard InChI is InChI=1S/C28H30ClF2N3O2S/c1-19-13-14-37-26(19)17-33(16-20-7-9-21(30)10-8-20)27(35)18-34(23-5-3-2-4-6-23)28(36)32-22-11-12-25(31)24(29)15-22/h7-15,23H,2-6,16-18H2,1H3,(H,32,36). The Labute approximate surface area is 225 Å². The van der Waals surface area contributed by atoms with Crippen molar-refractivity contribution in [3.8, 4) is 0 Å². The number of aryl methyl sites for hydroxylation is 1. The summed E-state index contributed by atoms with van der Waals surface area (Å²) in [5.41, 5.74) is 2.26. The predicted octanol–water partition coefficient (Wildman–Crippen LogP) is 7.38. The van der Waals surface area contributed by atoms with E-state index in [2.05, 4.69) is 5.32 Å². The molecular weight excluding hydrogens is 516 g/mol. The lowest BCUT2D eigenvalue weighted by molar-refractivity contribution is -0.133. The molecule has 9 heteroatoms. The van der Waals surface area contributed by atoms with E-state index in [1.807, 2.05) is 18.4 Å². The SMILES string of the molecule is Cc1ccsc1CN(Cc1ccc(F)cc1)C(=O)CN(C(=O)Nc1ccc(F)c(Cl)c1)C1CCCCC1. The Kier molecular flexibility index (Phi) is 9.16. The van der Waals surface area contributed by atoms with Crippen LogP contribution in [0.15, 0.2) is 53.9 Å². The number of anilines is 1. The summed E-state index contributed by atoms with van der Waals surface area (Å²) in [6.07, 6.45) is 4.69. The molecule has 0 bridgehead atoms. The molecular formula is C28H30ClF2N3O2S. The van der Waals surface area contributed by atoms with Crippen molar-refractivity contribution in [1.29, 1.82) is 0 Å². The third-order valence-electron chi connectivity index (χ3n) is 6.69. The molecule has 1 aliphatic rings. The van der Waals surface area contributed by atoms with Crippen LogP contribution >= 0.6 is 22.9 Å². The molecule has 0 spiro atoms. The van der Waals surface area contributed by atoms with Crippen LogP contribution in [0, 0.1) is 18.6 Å². The molecule has 1 N–H and O–H groups in total.